The number of hydrogen-bond acceptors (Lipinski definition) is 2. The zero-order chi connectivity index (χ0) is 17.6. The zero-order valence-corrected chi connectivity index (χ0v) is 13.3. The molecule has 25 heavy (non-hydrogen) atoms. The first kappa shape index (κ1) is 16.1. The van der Waals surface area contributed by atoms with Gasteiger partial charge in [-0.3, -0.25) is 4.79 Å². The molecule has 0 N–H and O–H groups in total. The van der Waals surface area contributed by atoms with Crippen molar-refractivity contribution in [2.24, 2.45) is 0 Å². The maximum absolute atomic E-state index is 13.2. The van der Waals surface area contributed by atoms with Gasteiger partial charge in [-0.05, 0) is 22.8 Å². The van der Waals surface area contributed by atoms with Gasteiger partial charge in [-0.25, -0.2) is 0 Å². The van der Waals surface area contributed by atoms with Crippen LogP contribution in [-0.4, -0.2) is 23.5 Å². The second-order valence-corrected chi connectivity index (χ2v) is 6.40. The van der Waals surface area contributed by atoms with Gasteiger partial charge in [0.1, 0.15) is 0 Å². The summed E-state index contributed by atoms with van der Waals surface area (Å²) in [6.45, 7) is 0.719. The molecule has 2 aromatic rings. The van der Waals surface area contributed by atoms with Gasteiger partial charge >= 0.3 is 6.18 Å². The highest BCUT2D eigenvalue weighted by Gasteiger charge is 2.47. The Morgan fingerprint density at radius 2 is 1.84 bits per heavy atom. The van der Waals surface area contributed by atoms with Gasteiger partial charge in [0.2, 0.25) is 5.91 Å². The van der Waals surface area contributed by atoms with Gasteiger partial charge in [0, 0.05) is 13.1 Å². The third-order valence-corrected chi connectivity index (χ3v) is 4.86. The first-order valence-electron chi connectivity index (χ1n) is 8.08. The fraction of sp³-hybridized carbons (Fsp3) is 0.316. The number of carbonyl (C=O) groups excluding carboxylic acids is 1. The van der Waals surface area contributed by atoms with Gasteiger partial charge in [0.15, 0.2) is 0 Å². The summed E-state index contributed by atoms with van der Waals surface area (Å²) >= 11 is 0. The molecule has 0 saturated carbocycles. The van der Waals surface area contributed by atoms with E-state index in [2.05, 4.69) is 0 Å². The summed E-state index contributed by atoms with van der Waals surface area (Å²) in [5, 5.41) is 0. The molecule has 1 amide bonds. The van der Waals surface area contributed by atoms with Gasteiger partial charge < -0.3 is 9.64 Å². The number of nitrogens with zero attached hydrogens (tertiary/aromatic N) is 1. The standard InChI is InChI=1S/C19H16F3NO2/c20-19(21,22)15-8-4-7-13-14(15)11-25-16-10-23(18(24)17(13)16)9-12-5-2-1-3-6-12/h1-8,16-17H,9-11H2. The Balaban J connectivity index is 1.66. The van der Waals surface area contributed by atoms with Crippen molar-refractivity contribution in [2.45, 2.75) is 31.3 Å². The first-order chi connectivity index (χ1) is 11.9. The molecular formula is C19H16F3NO2. The van der Waals surface area contributed by atoms with Crippen LogP contribution in [0.15, 0.2) is 48.5 Å². The summed E-state index contributed by atoms with van der Waals surface area (Å²) in [5.41, 5.74) is 0.814. The van der Waals surface area contributed by atoms with Crippen molar-refractivity contribution in [1.29, 1.82) is 0 Å². The van der Waals surface area contributed by atoms with Crippen molar-refractivity contribution in [3.8, 4) is 0 Å². The molecule has 3 nitrogen and oxygen atoms in total. The van der Waals surface area contributed by atoms with E-state index in [1.165, 1.54) is 6.07 Å². The molecule has 0 spiro atoms. The molecule has 2 atom stereocenters. The van der Waals surface area contributed by atoms with Crippen LogP contribution in [0.3, 0.4) is 0 Å². The van der Waals surface area contributed by atoms with Crippen LogP contribution in [0, 0.1) is 0 Å². The third-order valence-electron chi connectivity index (χ3n) is 4.86. The summed E-state index contributed by atoms with van der Waals surface area (Å²) in [4.78, 5) is 14.5. The highest BCUT2D eigenvalue weighted by Crippen LogP contribution is 2.43. The Kier molecular flexibility index (Phi) is 3.80. The minimum Gasteiger partial charge on any atom is -0.370 e. The van der Waals surface area contributed by atoms with Crippen LogP contribution in [0.25, 0.3) is 0 Å². The number of amides is 1. The van der Waals surface area contributed by atoms with Crippen LogP contribution in [0.2, 0.25) is 0 Å². The molecule has 2 heterocycles. The highest BCUT2D eigenvalue weighted by molar-refractivity contribution is 5.87. The minimum absolute atomic E-state index is 0.0890. The van der Waals surface area contributed by atoms with E-state index in [0.29, 0.717) is 18.7 Å². The summed E-state index contributed by atoms with van der Waals surface area (Å²) < 4.78 is 45.3. The number of benzene rings is 2. The fourth-order valence-corrected chi connectivity index (χ4v) is 3.71. The average Bonchev–Trinajstić information content (AvgIpc) is 2.91. The van der Waals surface area contributed by atoms with E-state index >= 15 is 0 Å². The first-order valence-corrected chi connectivity index (χ1v) is 8.08. The predicted molar refractivity (Wildman–Crippen MR) is 84.6 cm³/mol. The average molecular weight is 347 g/mol. The van der Waals surface area contributed by atoms with E-state index in [4.69, 9.17) is 4.74 Å². The molecule has 130 valence electrons. The van der Waals surface area contributed by atoms with Crippen LogP contribution < -0.4 is 0 Å². The van der Waals surface area contributed by atoms with Gasteiger partial charge in [0.05, 0.1) is 24.2 Å². The van der Waals surface area contributed by atoms with E-state index in [9.17, 15) is 18.0 Å². The van der Waals surface area contributed by atoms with Gasteiger partial charge in [-0.2, -0.15) is 13.2 Å². The van der Waals surface area contributed by atoms with Crippen LogP contribution in [-0.2, 0) is 28.9 Å². The molecule has 2 aliphatic rings. The van der Waals surface area contributed by atoms with E-state index in [1.54, 1.807) is 11.0 Å². The lowest BCUT2D eigenvalue weighted by Gasteiger charge is -2.28. The molecule has 0 aromatic heterocycles. The lowest BCUT2D eigenvalue weighted by molar-refractivity contribution is -0.140. The summed E-state index contributed by atoms with van der Waals surface area (Å²) in [5.74, 6) is -0.830. The Bertz CT molecular complexity index is 804. The number of fused-ring (bicyclic) bond motifs is 3. The quantitative estimate of drug-likeness (QED) is 0.828. The normalized spacial score (nSPS) is 22.7. The molecule has 2 aromatic carbocycles. The second-order valence-electron chi connectivity index (χ2n) is 6.40. The van der Waals surface area contributed by atoms with Crippen LogP contribution in [0.4, 0.5) is 13.2 Å². The molecule has 0 radical (unpaired) electrons. The maximum Gasteiger partial charge on any atom is 0.416 e. The van der Waals surface area contributed by atoms with Crippen molar-refractivity contribution < 1.29 is 22.7 Å². The van der Waals surface area contributed by atoms with Crippen LogP contribution in [0.1, 0.15) is 28.2 Å². The van der Waals surface area contributed by atoms with Gasteiger partial charge in [-0.1, -0.05) is 42.5 Å². The number of ether oxygens (including phenoxy) is 1. The number of rotatable bonds is 2. The zero-order valence-electron chi connectivity index (χ0n) is 13.3. The lowest BCUT2D eigenvalue weighted by atomic mass is 9.86. The summed E-state index contributed by atoms with van der Waals surface area (Å²) in [7, 11) is 0. The monoisotopic (exact) mass is 347 g/mol. The molecule has 6 heteroatoms. The molecule has 4 rings (SSSR count). The maximum atomic E-state index is 13.2. The van der Waals surface area contributed by atoms with Crippen molar-refractivity contribution >= 4 is 5.91 Å². The summed E-state index contributed by atoms with van der Waals surface area (Å²) in [6, 6.07) is 13.6. The fourth-order valence-electron chi connectivity index (χ4n) is 3.71. The largest absolute Gasteiger partial charge is 0.416 e. The van der Waals surface area contributed by atoms with Crippen LogP contribution in [0.5, 0.6) is 0 Å². The number of hydrogen-bond donors (Lipinski definition) is 0. The second kappa shape index (κ2) is 5.88. The Hall–Kier alpha value is -2.34. The smallest absolute Gasteiger partial charge is 0.370 e. The van der Waals surface area contributed by atoms with Gasteiger partial charge in [0.25, 0.3) is 0 Å². The van der Waals surface area contributed by atoms with Crippen molar-refractivity contribution in [3.63, 3.8) is 0 Å². The lowest BCUT2D eigenvalue weighted by Crippen LogP contribution is -2.30. The molecule has 2 aliphatic heterocycles. The van der Waals surface area contributed by atoms with Crippen molar-refractivity contribution in [2.75, 3.05) is 6.54 Å². The number of halogens is 3. The predicted octanol–water partition coefficient (Wildman–Crippen LogP) is 3.73. The molecule has 0 bridgehead atoms. The minimum atomic E-state index is -4.45. The number of likely N-dealkylation sites (tertiary alicyclic amines) is 1. The van der Waals surface area contributed by atoms with Gasteiger partial charge in [-0.15, -0.1) is 0 Å². The Morgan fingerprint density at radius 1 is 1.08 bits per heavy atom. The molecule has 1 saturated heterocycles. The molecule has 1 fully saturated rings. The Morgan fingerprint density at radius 3 is 2.56 bits per heavy atom. The third kappa shape index (κ3) is 2.80. The van der Waals surface area contributed by atoms with Crippen LogP contribution >= 0.6 is 0 Å². The topological polar surface area (TPSA) is 29.5 Å². The molecular weight excluding hydrogens is 331 g/mol. The van der Waals surface area contributed by atoms with Crippen molar-refractivity contribution in [1.82, 2.24) is 4.90 Å². The van der Waals surface area contributed by atoms with Crippen molar-refractivity contribution in [3.05, 3.63) is 70.8 Å². The van der Waals surface area contributed by atoms with E-state index in [0.717, 1.165) is 11.6 Å². The summed E-state index contributed by atoms with van der Waals surface area (Å²) in [6.07, 6.45) is -4.85. The van der Waals surface area contributed by atoms with E-state index in [1.807, 2.05) is 30.3 Å². The Labute approximate surface area is 143 Å². The molecule has 0 aliphatic carbocycles. The molecule has 2 unspecified atom stereocenters. The van der Waals surface area contributed by atoms with E-state index < -0.39 is 23.8 Å². The SMILES string of the molecule is O=C1C2c3cccc(C(F)(F)F)c3COC2CN1Cc1ccccc1. The highest BCUT2D eigenvalue weighted by atomic mass is 19.4. The number of carbonyl (C=O) groups is 1. The number of alkyl halides is 3. The van der Waals surface area contributed by atoms with E-state index in [-0.39, 0.29) is 18.1 Å².